The van der Waals surface area contributed by atoms with Gasteiger partial charge < -0.3 is 0 Å². The molecular weight excluding hydrogens is 279 g/mol. The van der Waals surface area contributed by atoms with Crippen molar-refractivity contribution in [3.05, 3.63) is 41.0 Å². The third kappa shape index (κ3) is 2.73. The van der Waals surface area contributed by atoms with Gasteiger partial charge in [0.25, 0.3) is 0 Å². The lowest BCUT2D eigenvalue weighted by Crippen LogP contribution is -2.15. The van der Waals surface area contributed by atoms with Gasteiger partial charge >= 0.3 is 6.18 Å². The second-order valence-electron chi connectivity index (χ2n) is 4.25. The highest BCUT2D eigenvalue weighted by Gasteiger charge is 2.38. The molecule has 0 N–H and O–H groups in total. The van der Waals surface area contributed by atoms with Gasteiger partial charge in [0.15, 0.2) is 5.82 Å². The van der Waals surface area contributed by atoms with Crippen molar-refractivity contribution in [1.29, 1.82) is 0 Å². The molecule has 0 aliphatic heterocycles. The van der Waals surface area contributed by atoms with Crippen molar-refractivity contribution in [1.82, 2.24) is 14.8 Å². The summed E-state index contributed by atoms with van der Waals surface area (Å²) in [6.45, 7) is 3.63. The Bertz CT molecular complexity index is 585. The second-order valence-corrected chi connectivity index (χ2v) is 4.52. The van der Waals surface area contributed by atoms with Crippen LogP contribution >= 0.6 is 11.6 Å². The van der Waals surface area contributed by atoms with Crippen molar-refractivity contribution >= 4 is 11.6 Å². The summed E-state index contributed by atoms with van der Waals surface area (Å²) in [5, 5.41) is 6.70. The zero-order valence-corrected chi connectivity index (χ0v) is 11.0. The van der Waals surface area contributed by atoms with E-state index in [1.54, 1.807) is 12.1 Å². The predicted molar refractivity (Wildman–Crippen MR) is 65.4 cm³/mol. The predicted octanol–water partition coefficient (Wildman–Crippen LogP) is 3.64. The molecule has 0 atom stereocenters. The second kappa shape index (κ2) is 4.85. The normalized spacial score (nSPS) is 11.9. The molecule has 0 unspecified atom stereocenters. The number of aryl methyl sites for hydroxylation is 2. The lowest BCUT2D eigenvalue weighted by atomic mass is 10.1. The van der Waals surface area contributed by atoms with Gasteiger partial charge in [-0.15, -0.1) is 21.8 Å². The van der Waals surface area contributed by atoms with Crippen molar-refractivity contribution in [3.63, 3.8) is 0 Å². The maximum absolute atomic E-state index is 12.9. The molecule has 0 radical (unpaired) electrons. The van der Waals surface area contributed by atoms with Crippen molar-refractivity contribution in [2.75, 3.05) is 0 Å². The van der Waals surface area contributed by atoms with Gasteiger partial charge in [-0.3, -0.25) is 4.57 Å². The Morgan fingerprint density at radius 3 is 2.16 bits per heavy atom. The molecule has 0 spiro atoms. The molecule has 0 aliphatic rings. The fraction of sp³-hybridized carbons (Fsp3) is 0.333. The summed E-state index contributed by atoms with van der Waals surface area (Å²) in [5.41, 5.74) is 2.08. The van der Waals surface area contributed by atoms with Gasteiger partial charge in [0.1, 0.15) is 0 Å². The lowest BCUT2D eigenvalue weighted by molar-refractivity contribution is -0.146. The van der Waals surface area contributed by atoms with Gasteiger partial charge in [-0.05, 0) is 37.1 Å². The quantitative estimate of drug-likeness (QED) is 0.790. The Morgan fingerprint density at radius 1 is 1.11 bits per heavy atom. The topological polar surface area (TPSA) is 30.7 Å². The summed E-state index contributed by atoms with van der Waals surface area (Å²) >= 11 is 5.63. The van der Waals surface area contributed by atoms with Gasteiger partial charge in [-0.1, -0.05) is 6.07 Å². The van der Waals surface area contributed by atoms with Gasteiger partial charge in [0.05, 0.1) is 5.88 Å². The Kier molecular flexibility index (Phi) is 3.54. The smallest absolute Gasteiger partial charge is 0.274 e. The molecule has 0 saturated carbocycles. The first kappa shape index (κ1) is 13.9. The summed E-state index contributed by atoms with van der Waals surface area (Å²) in [5.74, 6) is -1.14. The van der Waals surface area contributed by atoms with Crippen LogP contribution in [0.4, 0.5) is 13.2 Å². The molecule has 2 aromatic rings. The van der Waals surface area contributed by atoms with E-state index >= 15 is 0 Å². The fourth-order valence-electron chi connectivity index (χ4n) is 1.94. The van der Waals surface area contributed by atoms with Crippen LogP contribution in [0.2, 0.25) is 0 Å². The van der Waals surface area contributed by atoms with E-state index in [0.29, 0.717) is 5.69 Å². The molecule has 7 heteroatoms. The Labute approximate surface area is 113 Å². The monoisotopic (exact) mass is 289 g/mol. The van der Waals surface area contributed by atoms with E-state index in [9.17, 15) is 13.2 Å². The van der Waals surface area contributed by atoms with Crippen molar-refractivity contribution in [3.8, 4) is 5.69 Å². The van der Waals surface area contributed by atoms with E-state index in [0.717, 1.165) is 15.7 Å². The van der Waals surface area contributed by atoms with E-state index in [1.165, 1.54) is 0 Å². The third-order valence-electron chi connectivity index (χ3n) is 2.57. The Hall–Kier alpha value is -1.56. The highest BCUT2D eigenvalue weighted by molar-refractivity contribution is 6.16. The highest BCUT2D eigenvalue weighted by Crippen LogP contribution is 2.31. The van der Waals surface area contributed by atoms with Crippen LogP contribution in [0.5, 0.6) is 0 Å². The highest BCUT2D eigenvalue weighted by atomic mass is 35.5. The maximum Gasteiger partial charge on any atom is 0.452 e. The van der Waals surface area contributed by atoms with Crippen LogP contribution in [-0.2, 0) is 12.1 Å². The van der Waals surface area contributed by atoms with Gasteiger partial charge in [0, 0.05) is 5.69 Å². The van der Waals surface area contributed by atoms with Gasteiger partial charge in [-0.2, -0.15) is 13.2 Å². The zero-order chi connectivity index (χ0) is 14.2. The first-order chi connectivity index (χ1) is 8.82. The molecule has 19 heavy (non-hydrogen) atoms. The van der Waals surface area contributed by atoms with Crippen LogP contribution in [0.3, 0.4) is 0 Å². The average molecular weight is 290 g/mol. The summed E-state index contributed by atoms with van der Waals surface area (Å²) in [6.07, 6.45) is -4.57. The minimum Gasteiger partial charge on any atom is -0.274 e. The summed E-state index contributed by atoms with van der Waals surface area (Å²) in [7, 11) is 0. The molecule has 0 saturated heterocycles. The third-order valence-corrected chi connectivity index (χ3v) is 2.81. The van der Waals surface area contributed by atoms with Crippen LogP contribution in [-0.4, -0.2) is 14.8 Å². The molecule has 0 bridgehead atoms. The molecule has 1 aromatic carbocycles. The molecule has 0 amide bonds. The fourth-order valence-corrected chi connectivity index (χ4v) is 2.11. The molecule has 0 fully saturated rings. The van der Waals surface area contributed by atoms with E-state index < -0.39 is 12.0 Å². The van der Waals surface area contributed by atoms with Crippen LogP contribution in [0.1, 0.15) is 22.8 Å². The number of hydrogen-bond donors (Lipinski definition) is 0. The van der Waals surface area contributed by atoms with E-state index in [4.69, 9.17) is 11.6 Å². The summed E-state index contributed by atoms with van der Waals surface area (Å²) in [6, 6.07) is 5.16. The number of nitrogens with zero attached hydrogens (tertiary/aromatic N) is 3. The number of alkyl halides is 4. The van der Waals surface area contributed by atoms with Crippen molar-refractivity contribution in [2.24, 2.45) is 0 Å². The number of halogens is 4. The number of benzene rings is 1. The molecule has 1 aromatic heterocycles. The molecule has 3 nitrogen and oxygen atoms in total. The van der Waals surface area contributed by atoms with Crippen molar-refractivity contribution in [2.45, 2.75) is 25.9 Å². The lowest BCUT2D eigenvalue weighted by Gasteiger charge is -2.12. The number of hydrogen-bond acceptors (Lipinski definition) is 2. The zero-order valence-electron chi connectivity index (χ0n) is 10.3. The SMILES string of the molecule is Cc1cc(C)cc(-n2c(CCl)nnc2C(F)(F)F)c1. The van der Waals surface area contributed by atoms with E-state index in [-0.39, 0.29) is 11.7 Å². The Morgan fingerprint density at radius 2 is 1.68 bits per heavy atom. The largest absolute Gasteiger partial charge is 0.452 e. The molecule has 2 rings (SSSR count). The Balaban J connectivity index is 2.69. The van der Waals surface area contributed by atoms with Crippen LogP contribution < -0.4 is 0 Å². The van der Waals surface area contributed by atoms with Gasteiger partial charge in [0.2, 0.25) is 5.82 Å². The van der Waals surface area contributed by atoms with Crippen LogP contribution in [0.15, 0.2) is 18.2 Å². The summed E-state index contributed by atoms with van der Waals surface area (Å²) < 4.78 is 39.7. The van der Waals surface area contributed by atoms with Crippen LogP contribution in [0.25, 0.3) is 5.69 Å². The standard InChI is InChI=1S/C12H11ClF3N3/c1-7-3-8(2)5-9(4-7)19-10(6-13)17-18-11(19)12(14,15)16/h3-5H,6H2,1-2H3. The number of aromatic nitrogens is 3. The van der Waals surface area contributed by atoms with Crippen molar-refractivity contribution < 1.29 is 13.2 Å². The minimum atomic E-state index is -4.57. The maximum atomic E-state index is 12.9. The molecule has 102 valence electrons. The first-order valence-corrected chi connectivity index (χ1v) is 6.02. The number of rotatable bonds is 2. The van der Waals surface area contributed by atoms with E-state index in [1.807, 2.05) is 19.9 Å². The summed E-state index contributed by atoms with van der Waals surface area (Å²) in [4.78, 5) is 0. The average Bonchev–Trinajstić information content (AvgIpc) is 2.70. The minimum absolute atomic E-state index is 0.0685. The first-order valence-electron chi connectivity index (χ1n) is 5.49. The molecule has 0 aliphatic carbocycles. The van der Waals surface area contributed by atoms with Crippen LogP contribution in [0, 0.1) is 13.8 Å². The molecular formula is C12H11ClF3N3. The van der Waals surface area contributed by atoms with E-state index in [2.05, 4.69) is 10.2 Å². The molecule has 1 heterocycles. The van der Waals surface area contributed by atoms with Gasteiger partial charge in [-0.25, -0.2) is 0 Å².